The van der Waals surface area contributed by atoms with Crippen molar-refractivity contribution in [3.8, 4) is 0 Å². The van der Waals surface area contributed by atoms with Crippen molar-refractivity contribution in [1.29, 1.82) is 0 Å². The molecule has 1 aliphatic rings. The van der Waals surface area contributed by atoms with Crippen molar-refractivity contribution < 1.29 is 19.1 Å². The highest BCUT2D eigenvalue weighted by Crippen LogP contribution is 2.27. The van der Waals surface area contributed by atoms with Crippen LogP contribution in [-0.4, -0.2) is 41.1 Å². The van der Waals surface area contributed by atoms with Gasteiger partial charge in [0.25, 0.3) is 0 Å². The van der Waals surface area contributed by atoms with Gasteiger partial charge in [0.1, 0.15) is 0 Å². The normalized spacial score (nSPS) is 18.7. The van der Waals surface area contributed by atoms with E-state index in [-0.39, 0.29) is 35.6 Å². The van der Waals surface area contributed by atoms with Gasteiger partial charge in [-0.05, 0) is 6.92 Å². The molecule has 2 N–H and O–H groups in total. The minimum atomic E-state index is -0.579. The van der Waals surface area contributed by atoms with Gasteiger partial charge in [-0.3, -0.25) is 14.5 Å². The van der Waals surface area contributed by atoms with Crippen LogP contribution in [0.4, 0.5) is 5.13 Å². The Morgan fingerprint density at radius 2 is 2.26 bits per heavy atom. The number of hydrogen-bond acceptors (Lipinski definition) is 7. The van der Waals surface area contributed by atoms with E-state index in [0.717, 1.165) is 11.3 Å². The van der Waals surface area contributed by atoms with Crippen molar-refractivity contribution in [1.82, 2.24) is 10.2 Å². The Morgan fingerprint density at radius 3 is 2.84 bits per heavy atom. The zero-order valence-corrected chi connectivity index (χ0v) is 11.0. The number of anilines is 1. The van der Waals surface area contributed by atoms with E-state index >= 15 is 0 Å². The fraction of sp³-hybridized carbons (Fsp3) is 0.500. The first kappa shape index (κ1) is 13.4. The van der Waals surface area contributed by atoms with Crippen LogP contribution in [0, 0.1) is 5.92 Å². The van der Waals surface area contributed by atoms with E-state index < -0.39 is 17.8 Å². The zero-order valence-electron chi connectivity index (χ0n) is 10.2. The number of amides is 2. The molecule has 2 rings (SSSR count). The zero-order chi connectivity index (χ0) is 14.0. The number of nitrogens with zero attached hydrogens (tertiary/aromatic N) is 3. The van der Waals surface area contributed by atoms with Gasteiger partial charge in [0.15, 0.2) is 0 Å². The topological polar surface area (TPSA) is 115 Å². The van der Waals surface area contributed by atoms with Gasteiger partial charge in [-0.15, -0.1) is 10.2 Å². The van der Waals surface area contributed by atoms with Crippen LogP contribution in [0.3, 0.4) is 0 Å². The Hall–Kier alpha value is -2.03. The molecule has 0 aromatic carbocycles. The van der Waals surface area contributed by atoms with Gasteiger partial charge < -0.3 is 10.5 Å². The number of ether oxygens (including phenoxy) is 1. The lowest BCUT2D eigenvalue weighted by Gasteiger charge is -2.10. The van der Waals surface area contributed by atoms with Crippen molar-refractivity contribution in [2.75, 3.05) is 18.1 Å². The fourth-order valence-electron chi connectivity index (χ4n) is 1.68. The van der Waals surface area contributed by atoms with Crippen LogP contribution in [0.25, 0.3) is 0 Å². The third-order valence-corrected chi connectivity index (χ3v) is 3.55. The van der Waals surface area contributed by atoms with Crippen LogP contribution in [0.15, 0.2) is 0 Å². The molecule has 1 atom stereocenters. The third-order valence-electron chi connectivity index (χ3n) is 2.62. The van der Waals surface area contributed by atoms with Crippen LogP contribution in [0.2, 0.25) is 0 Å². The van der Waals surface area contributed by atoms with Crippen LogP contribution < -0.4 is 10.6 Å². The van der Waals surface area contributed by atoms with Crippen LogP contribution in [0.1, 0.15) is 23.1 Å². The SMILES string of the molecule is CCOC(=O)c1nnc(N2CC(C(N)=O)CC2=O)s1. The first-order valence-corrected chi connectivity index (χ1v) is 6.45. The number of rotatable bonds is 4. The van der Waals surface area contributed by atoms with E-state index in [2.05, 4.69) is 10.2 Å². The molecule has 8 nitrogen and oxygen atoms in total. The molecule has 1 saturated heterocycles. The number of primary amides is 1. The van der Waals surface area contributed by atoms with E-state index in [1.807, 2.05) is 0 Å². The maximum atomic E-state index is 11.7. The first-order valence-electron chi connectivity index (χ1n) is 5.63. The molecule has 1 aliphatic heterocycles. The smallest absolute Gasteiger partial charge is 0.369 e. The standard InChI is InChI=1S/C10H12N4O4S/c1-2-18-9(17)8-12-13-10(19-8)14-4-5(7(11)16)3-6(14)15/h5H,2-4H2,1H3,(H2,11,16). The van der Waals surface area contributed by atoms with Crippen molar-refractivity contribution in [2.45, 2.75) is 13.3 Å². The predicted molar refractivity (Wildman–Crippen MR) is 65.5 cm³/mol. The molecule has 102 valence electrons. The van der Waals surface area contributed by atoms with Gasteiger partial charge in [-0.1, -0.05) is 11.3 Å². The number of carbonyl (C=O) groups is 3. The molecule has 9 heteroatoms. The summed E-state index contributed by atoms with van der Waals surface area (Å²) in [6.07, 6.45) is 0.0592. The van der Waals surface area contributed by atoms with Crippen molar-refractivity contribution in [2.24, 2.45) is 11.7 Å². The van der Waals surface area contributed by atoms with Gasteiger partial charge in [0, 0.05) is 13.0 Å². The van der Waals surface area contributed by atoms with Crippen LogP contribution in [-0.2, 0) is 14.3 Å². The molecule has 0 aliphatic carbocycles. The molecule has 0 bridgehead atoms. The molecule has 19 heavy (non-hydrogen) atoms. The highest BCUT2D eigenvalue weighted by Gasteiger charge is 2.36. The molecule has 1 aromatic rings. The fourth-order valence-corrected chi connectivity index (χ4v) is 2.45. The summed E-state index contributed by atoms with van der Waals surface area (Å²) in [4.78, 5) is 35.5. The Bertz CT molecular complexity index is 529. The Morgan fingerprint density at radius 1 is 1.53 bits per heavy atom. The maximum absolute atomic E-state index is 11.7. The summed E-state index contributed by atoms with van der Waals surface area (Å²) in [5, 5.41) is 7.78. The van der Waals surface area contributed by atoms with Crippen LogP contribution >= 0.6 is 11.3 Å². The summed E-state index contributed by atoms with van der Waals surface area (Å²) in [5.41, 5.74) is 5.17. The molecular formula is C10H12N4O4S. The van der Waals surface area contributed by atoms with Crippen LogP contribution in [0.5, 0.6) is 0 Å². The monoisotopic (exact) mass is 284 g/mol. The Kier molecular flexibility index (Phi) is 3.74. The highest BCUT2D eigenvalue weighted by molar-refractivity contribution is 7.17. The summed E-state index contributed by atoms with van der Waals surface area (Å²) in [6, 6.07) is 0. The molecule has 1 fully saturated rings. The van der Waals surface area contributed by atoms with Crippen molar-refractivity contribution in [3.05, 3.63) is 5.01 Å². The number of esters is 1. The third kappa shape index (κ3) is 2.70. The quantitative estimate of drug-likeness (QED) is 0.749. The summed E-state index contributed by atoms with van der Waals surface area (Å²) >= 11 is 0.952. The van der Waals surface area contributed by atoms with E-state index in [9.17, 15) is 14.4 Å². The lowest BCUT2D eigenvalue weighted by molar-refractivity contribution is -0.123. The molecule has 2 heterocycles. The highest BCUT2D eigenvalue weighted by atomic mass is 32.1. The summed E-state index contributed by atoms with van der Waals surface area (Å²) in [7, 11) is 0. The summed E-state index contributed by atoms with van der Waals surface area (Å²) < 4.78 is 4.78. The van der Waals surface area contributed by atoms with E-state index in [1.165, 1.54) is 4.90 Å². The molecule has 1 unspecified atom stereocenters. The number of hydrogen-bond donors (Lipinski definition) is 1. The second-order valence-electron chi connectivity index (χ2n) is 3.92. The largest absolute Gasteiger partial charge is 0.461 e. The maximum Gasteiger partial charge on any atom is 0.369 e. The minimum Gasteiger partial charge on any atom is -0.461 e. The average molecular weight is 284 g/mol. The predicted octanol–water partition coefficient (Wildman–Crippen LogP) is -0.447. The second kappa shape index (κ2) is 5.31. The van der Waals surface area contributed by atoms with Gasteiger partial charge >= 0.3 is 5.97 Å². The van der Waals surface area contributed by atoms with Gasteiger partial charge in [0.2, 0.25) is 22.0 Å². The number of carbonyl (C=O) groups excluding carboxylic acids is 3. The molecular weight excluding hydrogens is 272 g/mol. The molecule has 2 amide bonds. The van der Waals surface area contributed by atoms with Gasteiger partial charge in [0.05, 0.1) is 12.5 Å². The van der Waals surface area contributed by atoms with E-state index in [0.29, 0.717) is 0 Å². The van der Waals surface area contributed by atoms with Crippen molar-refractivity contribution >= 4 is 34.3 Å². The molecule has 0 spiro atoms. The second-order valence-corrected chi connectivity index (χ2v) is 4.87. The number of aromatic nitrogens is 2. The molecule has 1 aromatic heterocycles. The van der Waals surface area contributed by atoms with E-state index in [1.54, 1.807) is 6.92 Å². The van der Waals surface area contributed by atoms with E-state index in [4.69, 9.17) is 10.5 Å². The lowest BCUT2D eigenvalue weighted by Crippen LogP contribution is -2.28. The van der Waals surface area contributed by atoms with Gasteiger partial charge in [-0.25, -0.2) is 4.79 Å². The molecule has 0 saturated carbocycles. The number of nitrogens with two attached hydrogens (primary N) is 1. The Balaban J connectivity index is 2.13. The van der Waals surface area contributed by atoms with Gasteiger partial charge in [-0.2, -0.15) is 0 Å². The lowest BCUT2D eigenvalue weighted by atomic mass is 10.1. The van der Waals surface area contributed by atoms with Crippen molar-refractivity contribution in [3.63, 3.8) is 0 Å². The first-order chi connectivity index (χ1) is 9.02. The summed E-state index contributed by atoms with van der Waals surface area (Å²) in [5.74, 6) is -1.88. The average Bonchev–Trinajstić information content (AvgIpc) is 2.95. The summed E-state index contributed by atoms with van der Waals surface area (Å²) in [6.45, 7) is 2.09. The Labute approximate surface area is 112 Å². The molecule has 0 radical (unpaired) electrons. The minimum absolute atomic E-state index is 0.0592.